The van der Waals surface area contributed by atoms with E-state index in [-0.39, 0.29) is 0 Å². The summed E-state index contributed by atoms with van der Waals surface area (Å²) in [4.78, 5) is 12.1. The monoisotopic (exact) mass is 369 g/mol. The molecule has 2 aromatic carbocycles. The summed E-state index contributed by atoms with van der Waals surface area (Å²) in [5, 5.41) is 16.0. The van der Waals surface area contributed by atoms with Crippen LogP contribution in [0.2, 0.25) is 0 Å². The number of hydrogen-bond donors (Lipinski definition) is 4. The van der Waals surface area contributed by atoms with E-state index in [4.69, 9.17) is 0 Å². The fourth-order valence-electron chi connectivity index (χ4n) is 3.22. The second kappa shape index (κ2) is 7.03. The second-order valence-electron chi connectivity index (χ2n) is 6.66. The Labute approximate surface area is 161 Å². The van der Waals surface area contributed by atoms with Crippen LogP contribution < -0.4 is 10.6 Å². The average molecular weight is 369 g/mol. The van der Waals surface area contributed by atoms with Crippen molar-refractivity contribution in [1.29, 1.82) is 0 Å². The van der Waals surface area contributed by atoms with E-state index in [1.54, 1.807) is 6.20 Å². The van der Waals surface area contributed by atoms with E-state index in [9.17, 15) is 0 Å². The molecule has 3 heterocycles. The Bertz CT molecular complexity index is 1140. The number of aromatic nitrogens is 5. The highest BCUT2D eigenvalue weighted by atomic mass is 15.1. The smallest absolute Gasteiger partial charge is 0.224 e. The molecule has 0 aliphatic heterocycles. The second-order valence-corrected chi connectivity index (χ2v) is 6.66. The number of nitrogens with one attached hydrogen (secondary N) is 4. The van der Waals surface area contributed by atoms with Crippen molar-refractivity contribution in [3.8, 4) is 0 Å². The normalized spacial score (nSPS) is 11.1. The molecule has 7 heteroatoms. The van der Waals surface area contributed by atoms with Crippen molar-refractivity contribution in [2.75, 3.05) is 10.6 Å². The van der Waals surface area contributed by atoms with Gasteiger partial charge in [0.05, 0.1) is 11.7 Å². The Kier molecular flexibility index (Phi) is 4.10. The first-order valence-corrected chi connectivity index (χ1v) is 9.12. The summed E-state index contributed by atoms with van der Waals surface area (Å²) in [6, 6.07) is 16.5. The third kappa shape index (κ3) is 3.37. The molecule has 0 radical (unpaired) electrons. The highest BCUT2D eigenvalue weighted by molar-refractivity contribution is 5.80. The van der Waals surface area contributed by atoms with Crippen LogP contribution in [0.5, 0.6) is 0 Å². The molecule has 28 heavy (non-hydrogen) atoms. The zero-order valence-corrected chi connectivity index (χ0v) is 15.1. The molecule has 0 saturated heterocycles. The van der Waals surface area contributed by atoms with Crippen molar-refractivity contribution < 1.29 is 0 Å². The Hall–Kier alpha value is -3.87. The predicted octanol–water partition coefficient (Wildman–Crippen LogP) is 4.06. The minimum atomic E-state index is 0.593. The lowest BCUT2D eigenvalue weighted by Gasteiger charge is -2.09. The summed E-state index contributed by atoms with van der Waals surface area (Å²) in [6.45, 7) is 1.34. The van der Waals surface area contributed by atoms with Crippen molar-refractivity contribution in [3.05, 3.63) is 78.2 Å². The van der Waals surface area contributed by atoms with E-state index in [1.165, 1.54) is 10.9 Å². The molecule has 0 atom stereocenters. The first-order chi connectivity index (χ1) is 13.8. The number of H-pyrrole nitrogens is 2. The molecule has 0 spiro atoms. The minimum Gasteiger partial charge on any atom is -0.366 e. The molecule has 0 bridgehead atoms. The van der Waals surface area contributed by atoms with E-state index in [2.05, 4.69) is 78.2 Å². The fraction of sp³-hybridized carbons (Fsp3) is 0.0952. The molecule has 0 aliphatic rings. The van der Waals surface area contributed by atoms with Crippen LogP contribution in [-0.4, -0.2) is 25.1 Å². The summed E-state index contributed by atoms with van der Waals surface area (Å²) >= 11 is 0. The molecule has 0 saturated carbocycles. The SMILES string of the molecule is c1cc(NCc2ccc3[nH]ccc3c2)nc(NCc2ccc3cn[nH]c3c2)n1. The molecular formula is C21H19N7. The molecular weight excluding hydrogens is 350 g/mol. The van der Waals surface area contributed by atoms with Crippen LogP contribution in [0.4, 0.5) is 11.8 Å². The number of rotatable bonds is 6. The average Bonchev–Trinajstić information content (AvgIpc) is 3.39. The zero-order valence-electron chi connectivity index (χ0n) is 15.1. The van der Waals surface area contributed by atoms with Crippen molar-refractivity contribution in [3.63, 3.8) is 0 Å². The molecule has 138 valence electrons. The van der Waals surface area contributed by atoms with Gasteiger partial charge in [0.2, 0.25) is 5.95 Å². The van der Waals surface area contributed by atoms with Gasteiger partial charge in [-0.15, -0.1) is 0 Å². The van der Waals surface area contributed by atoms with Gasteiger partial charge in [0.1, 0.15) is 5.82 Å². The van der Waals surface area contributed by atoms with Gasteiger partial charge in [-0.1, -0.05) is 18.2 Å². The molecule has 0 fully saturated rings. The van der Waals surface area contributed by atoms with Crippen LogP contribution in [0, 0.1) is 0 Å². The van der Waals surface area contributed by atoms with Gasteiger partial charge in [-0.25, -0.2) is 4.98 Å². The molecule has 5 rings (SSSR count). The van der Waals surface area contributed by atoms with Gasteiger partial charge >= 0.3 is 0 Å². The van der Waals surface area contributed by atoms with Crippen LogP contribution in [-0.2, 0) is 13.1 Å². The molecule has 0 unspecified atom stereocenters. The molecule has 7 nitrogen and oxygen atoms in total. The van der Waals surface area contributed by atoms with Gasteiger partial charge in [-0.3, -0.25) is 5.10 Å². The highest BCUT2D eigenvalue weighted by Crippen LogP contribution is 2.16. The molecule has 0 aliphatic carbocycles. The van der Waals surface area contributed by atoms with Crippen molar-refractivity contribution >= 4 is 33.6 Å². The van der Waals surface area contributed by atoms with E-state index in [0.717, 1.165) is 27.8 Å². The Morgan fingerprint density at radius 2 is 1.71 bits per heavy atom. The molecule has 0 amide bonds. The Morgan fingerprint density at radius 3 is 2.71 bits per heavy atom. The van der Waals surface area contributed by atoms with E-state index in [1.807, 2.05) is 18.5 Å². The first kappa shape index (κ1) is 16.3. The highest BCUT2D eigenvalue weighted by Gasteiger charge is 2.03. The topological polar surface area (TPSA) is 94.3 Å². The van der Waals surface area contributed by atoms with Crippen molar-refractivity contribution in [1.82, 2.24) is 25.1 Å². The molecule has 4 N–H and O–H groups in total. The Morgan fingerprint density at radius 1 is 0.821 bits per heavy atom. The maximum Gasteiger partial charge on any atom is 0.224 e. The van der Waals surface area contributed by atoms with E-state index in [0.29, 0.717) is 19.0 Å². The predicted molar refractivity (Wildman–Crippen MR) is 111 cm³/mol. The van der Waals surface area contributed by atoms with Gasteiger partial charge in [-0.05, 0) is 46.8 Å². The lowest BCUT2D eigenvalue weighted by molar-refractivity contribution is 1.03. The maximum atomic E-state index is 4.55. The van der Waals surface area contributed by atoms with Crippen LogP contribution >= 0.6 is 0 Å². The van der Waals surface area contributed by atoms with Gasteiger partial charge in [0, 0.05) is 36.4 Å². The third-order valence-electron chi connectivity index (χ3n) is 4.70. The maximum absolute atomic E-state index is 4.55. The largest absolute Gasteiger partial charge is 0.366 e. The molecule has 5 aromatic rings. The fourth-order valence-corrected chi connectivity index (χ4v) is 3.22. The van der Waals surface area contributed by atoms with Gasteiger partial charge in [0.25, 0.3) is 0 Å². The lowest BCUT2D eigenvalue weighted by Crippen LogP contribution is -2.06. The standard InChI is InChI=1S/C21H19N7/c1-3-17-13-26-28-19(17)10-15(1)12-25-21-23-8-6-20(27-21)24-11-14-2-4-18-16(9-14)5-7-22-18/h1-10,13,22H,11-12H2,(H,26,28)(H2,23,24,25,27). The van der Waals surface area contributed by atoms with Crippen LogP contribution in [0.1, 0.15) is 11.1 Å². The summed E-state index contributed by atoms with van der Waals surface area (Å²) < 4.78 is 0. The van der Waals surface area contributed by atoms with Gasteiger partial charge in [-0.2, -0.15) is 10.1 Å². The summed E-state index contributed by atoms with van der Waals surface area (Å²) in [7, 11) is 0. The van der Waals surface area contributed by atoms with Crippen molar-refractivity contribution in [2.24, 2.45) is 0 Å². The summed E-state index contributed by atoms with van der Waals surface area (Å²) in [5.74, 6) is 1.38. The number of aromatic amines is 2. The third-order valence-corrected chi connectivity index (χ3v) is 4.70. The molecule has 3 aromatic heterocycles. The zero-order chi connectivity index (χ0) is 18.8. The number of anilines is 2. The lowest BCUT2D eigenvalue weighted by atomic mass is 10.1. The quantitative estimate of drug-likeness (QED) is 0.362. The van der Waals surface area contributed by atoms with Gasteiger partial charge in [0.15, 0.2) is 0 Å². The summed E-state index contributed by atoms with van der Waals surface area (Å²) in [5.41, 5.74) is 4.51. The number of fused-ring (bicyclic) bond motifs is 2. The first-order valence-electron chi connectivity index (χ1n) is 9.12. The van der Waals surface area contributed by atoms with Crippen LogP contribution in [0.15, 0.2) is 67.1 Å². The van der Waals surface area contributed by atoms with E-state index < -0.39 is 0 Å². The number of nitrogens with zero attached hydrogens (tertiary/aromatic N) is 3. The van der Waals surface area contributed by atoms with Crippen molar-refractivity contribution in [2.45, 2.75) is 13.1 Å². The number of hydrogen-bond acceptors (Lipinski definition) is 5. The van der Waals surface area contributed by atoms with E-state index >= 15 is 0 Å². The number of benzene rings is 2. The van der Waals surface area contributed by atoms with Crippen LogP contribution in [0.25, 0.3) is 21.8 Å². The van der Waals surface area contributed by atoms with Gasteiger partial charge < -0.3 is 15.6 Å². The Balaban J connectivity index is 1.23. The minimum absolute atomic E-state index is 0.593. The summed E-state index contributed by atoms with van der Waals surface area (Å²) in [6.07, 6.45) is 5.53. The van der Waals surface area contributed by atoms with Crippen LogP contribution in [0.3, 0.4) is 0 Å².